The van der Waals surface area contributed by atoms with E-state index in [1.165, 1.54) is 60.6 Å². The fraction of sp³-hybridized carbons (Fsp3) is 0.129. The third kappa shape index (κ3) is 7.38. The predicted octanol–water partition coefficient (Wildman–Crippen LogP) is 15.1. The molecule has 1 aliphatic rings. The van der Waals surface area contributed by atoms with Crippen molar-refractivity contribution in [2.75, 3.05) is 4.81 Å². The standard InChI is InChI=1S/C62H52BN5O.Pt/c1-61(2,3)44-36-34-43(35-37-44)52-39-45(62(4,5)6)38-51(42-20-9-7-10-21-42)59(52)66-41-65(54-29-15-16-30-55(54)66)47-24-17-25-48(40-47)69-58-33-19-32-57(64-58)67-56-31-18-27-50-49-26-13-14-28-53(49)68(60(50)56)63(67)46-22-11-8-12-23-46;/h7-40H,1-6H3;. The SMILES string of the molecule is CC(C)(C)c1ccc(-c2cc(C(C)(C)C)cc(-c3ccccc3)c2-n2[c](=[Pt])n(-c3cccc(Oc4cccc(N5B(c6ccccc6)n6c7ccccc7c7cccc5c76)n4)c3)c3ccccc32)cc1. The number of fused-ring (bicyclic) bond motifs is 4. The molecule has 0 fully saturated rings. The van der Waals surface area contributed by atoms with Gasteiger partial charge in [0.25, 0.3) is 0 Å². The first kappa shape index (κ1) is 43.8. The van der Waals surface area contributed by atoms with Gasteiger partial charge in [-0.15, -0.1) is 0 Å². The zero-order valence-corrected chi connectivity index (χ0v) is 42.4. The van der Waals surface area contributed by atoms with Crippen LogP contribution in [0.3, 0.4) is 0 Å². The molecule has 70 heavy (non-hydrogen) atoms. The van der Waals surface area contributed by atoms with Crippen molar-refractivity contribution in [3.05, 3.63) is 221 Å². The van der Waals surface area contributed by atoms with Gasteiger partial charge >= 0.3 is 340 Å². The van der Waals surface area contributed by atoms with E-state index in [4.69, 9.17) is 9.72 Å². The normalized spacial score (nSPS) is 12.7. The number of benzene rings is 8. The first-order valence-electron chi connectivity index (χ1n) is 24.1. The van der Waals surface area contributed by atoms with Crippen molar-refractivity contribution in [1.82, 2.24) is 18.6 Å². The second-order valence-electron chi connectivity index (χ2n) is 20.4. The van der Waals surface area contributed by atoms with Crippen LogP contribution in [0.5, 0.6) is 11.6 Å². The maximum absolute atomic E-state index is 6.79. The van der Waals surface area contributed by atoms with E-state index in [1.54, 1.807) is 0 Å². The summed E-state index contributed by atoms with van der Waals surface area (Å²) in [6.45, 7) is 13.6. The second kappa shape index (κ2) is 16.9. The molecule has 1 aliphatic heterocycles. The van der Waals surface area contributed by atoms with Crippen LogP contribution in [0, 0.1) is 3.80 Å². The molecule has 0 radical (unpaired) electrons. The predicted molar refractivity (Wildman–Crippen MR) is 287 cm³/mol. The van der Waals surface area contributed by atoms with Gasteiger partial charge in [-0.25, -0.2) is 0 Å². The van der Waals surface area contributed by atoms with Gasteiger partial charge in [0.15, 0.2) is 0 Å². The third-order valence-electron chi connectivity index (χ3n) is 13.9. The summed E-state index contributed by atoms with van der Waals surface area (Å²) in [6, 6.07) is 74.1. The van der Waals surface area contributed by atoms with Crippen LogP contribution in [0.4, 0.5) is 11.5 Å². The molecule has 0 saturated heterocycles. The second-order valence-corrected chi connectivity index (χ2v) is 21.4. The van der Waals surface area contributed by atoms with Gasteiger partial charge in [0.2, 0.25) is 0 Å². The van der Waals surface area contributed by atoms with Gasteiger partial charge < -0.3 is 0 Å². The van der Waals surface area contributed by atoms with Gasteiger partial charge in [-0.1, -0.05) is 60.7 Å². The van der Waals surface area contributed by atoms with Crippen LogP contribution in [-0.4, -0.2) is 25.6 Å². The summed E-state index contributed by atoms with van der Waals surface area (Å²) in [7, 11) is 0. The summed E-state index contributed by atoms with van der Waals surface area (Å²) in [5.41, 5.74) is 16.3. The molecule has 8 heteroatoms. The number of pyridine rings is 1. The molecule has 0 amide bonds. The summed E-state index contributed by atoms with van der Waals surface area (Å²) in [6.07, 6.45) is 0. The van der Waals surface area contributed by atoms with Crippen LogP contribution < -0.4 is 15.0 Å². The first-order chi connectivity index (χ1) is 33.9. The first-order valence-corrected chi connectivity index (χ1v) is 25.2. The zero-order valence-electron chi connectivity index (χ0n) is 40.2. The van der Waals surface area contributed by atoms with E-state index in [1.807, 2.05) is 18.2 Å². The van der Waals surface area contributed by atoms with E-state index in [-0.39, 0.29) is 17.8 Å². The van der Waals surface area contributed by atoms with Crippen molar-refractivity contribution >= 4 is 56.8 Å². The molecular weight excluding hydrogens is 1040 g/mol. The topological polar surface area (TPSA) is 40.1 Å². The Morgan fingerprint density at radius 2 is 1.09 bits per heavy atom. The molecule has 0 spiro atoms. The molecule has 3 aromatic heterocycles. The van der Waals surface area contributed by atoms with E-state index in [0.717, 1.165) is 37.7 Å². The maximum atomic E-state index is 6.79. The van der Waals surface area contributed by atoms with Gasteiger partial charge in [-0.2, -0.15) is 0 Å². The average molecular weight is 1090 g/mol. The number of hydrogen-bond acceptors (Lipinski definition) is 3. The molecule has 8 aromatic carbocycles. The molecular formula is C62H52BN5OPt. The molecule has 4 heterocycles. The molecule has 6 nitrogen and oxygen atoms in total. The summed E-state index contributed by atoms with van der Waals surface area (Å²) in [4.78, 5) is 7.62. The van der Waals surface area contributed by atoms with Crippen molar-refractivity contribution < 1.29 is 24.1 Å². The number of ether oxygens (including phenoxy) is 1. The quantitative estimate of drug-likeness (QED) is 0.142. The molecule has 0 N–H and O–H groups in total. The van der Waals surface area contributed by atoms with Crippen LogP contribution in [-0.2, 0) is 30.2 Å². The van der Waals surface area contributed by atoms with Crippen molar-refractivity contribution in [1.29, 1.82) is 0 Å². The Hall–Kier alpha value is -7.47. The van der Waals surface area contributed by atoms with E-state index in [9.17, 15) is 0 Å². The van der Waals surface area contributed by atoms with Crippen molar-refractivity contribution in [2.45, 2.75) is 52.4 Å². The Kier molecular flexibility index (Phi) is 10.6. The van der Waals surface area contributed by atoms with Crippen molar-refractivity contribution in [2.24, 2.45) is 0 Å². The Morgan fingerprint density at radius 3 is 1.79 bits per heavy atom. The Labute approximate surface area is 420 Å². The van der Waals surface area contributed by atoms with Gasteiger partial charge in [0.05, 0.1) is 0 Å². The van der Waals surface area contributed by atoms with Crippen molar-refractivity contribution in [3.63, 3.8) is 0 Å². The molecule has 12 rings (SSSR count). The minimum atomic E-state index is -0.140. The van der Waals surface area contributed by atoms with Gasteiger partial charge in [0, 0.05) is 16.3 Å². The van der Waals surface area contributed by atoms with Crippen molar-refractivity contribution in [3.8, 4) is 45.3 Å². The molecule has 0 atom stereocenters. The zero-order chi connectivity index (χ0) is 47.9. The monoisotopic (exact) mass is 1090 g/mol. The fourth-order valence-corrected chi connectivity index (χ4v) is 11.5. The van der Waals surface area contributed by atoms with E-state index < -0.39 is 0 Å². The molecule has 344 valence electrons. The number of para-hydroxylation sites is 4. The van der Waals surface area contributed by atoms with E-state index in [2.05, 4.69) is 267 Å². The Balaban J connectivity index is 0.980. The van der Waals surface area contributed by atoms with Crippen LogP contribution in [0.25, 0.3) is 66.5 Å². The summed E-state index contributed by atoms with van der Waals surface area (Å²) in [5, 5.41) is 2.49. The number of hydrogen-bond donors (Lipinski definition) is 0. The molecule has 0 saturated carbocycles. The van der Waals surface area contributed by atoms with Gasteiger partial charge in [0.1, 0.15) is 0 Å². The molecule has 0 aliphatic carbocycles. The molecule has 11 aromatic rings. The average Bonchev–Trinajstić information content (AvgIpc) is 4.00. The molecule has 0 bridgehead atoms. The Morgan fingerprint density at radius 1 is 0.500 bits per heavy atom. The van der Waals surface area contributed by atoms with E-state index >= 15 is 0 Å². The summed E-state index contributed by atoms with van der Waals surface area (Å²) < 4.78 is 15.1. The van der Waals surface area contributed by atoms with Crippen LogP contribution in [0.15, 0.2) is 206 Å². The van der Waals surface area contributed by atoms with Crippen LogP contribution in [0.2, 0.25) is 0 Å². The third-order valence-corrected chi connectivity index (χ3v) is 14.9. The van der Waals surface area contributed by atoms with E-state index in [0.29, 0.717) is 11.6 Å². The van der Waals surface area contributed by atoms with Gasteiger partial charge in [-0.05, 0) is 6.07 Å². The Bertz CT molecular complexity index is 3860. The number of rotatable bonds is 8. The summed E-state index contributed by atoms with van der Waals surface area (Å²) >= 11 is 2.53. The number of aromatic nitrogens is 4. The van der Waals surface area contributed by atoms with Gasteiger partial charge in [-0.3, -0.25) is 0 Å². The number of imidazole rings is 1. The molecule has 0 unspecified atom stereocenters. The van der Waals surface area contributed by atoms with Crippen LogP contribution in [0.1, 0.15) is 52.7 Å². The summed E-state index contributed by atoms with van der Waals surface area (Å²) in [5.74, 6) is 2.03. The minimum absolute atomic E-state index is 0.0378. The number of nitrogens with zero attached hydrogens (tertiary/aromatic N) is 5. The fourth-order valence-electron chi connectivity index (χ4n) is 10.4. The number of anilines is 2. The van der Waals surface area contributed by atoms with Crippen LogP contribution >= 0.6 is 0 Å².